The first-order valence-electron chi connectivity index (χ1n) is 6.86. The van der Waals surface area contributed by atoms with Gasteiger partial charge < -0.3 is 25.0 Å². The van der Waals surface area contributed by atoms with Gasteiger partial charge in [0.1, 0.15) is 5.82 Å². The van der Waals surface area contributed by atoms with Crippen LogP contribution in [-0.2, 0) is 9.59 Å². The zero-order valence-corrected chi connectivity index (χ0v) is 11.6. The molecule has 2 rings (SSSR count). The molecule has 0 spiro atoms. The Kier molecular flexibility index (Phi) is 5.10. The van der Waals surface area contributed by atoms with Crippen molar-refractivity contribution in [2.45, 2.75) is 0 Å². The second kappa shape index (κ2) is 7.03. The quantitative estimate of drug-likeness (QED) is 0.624. The van der Waals surface area contributed by atoms with Gasteiger partial charge in [0.05, 0.1) is 44.4 Å². The van der Waals surface area contributed by atoms with Crippen molar-refractivity contribution < 1.29 is 24.0 Å². The van der Waals surface area contributed by atoms with E-state index in [0.717, 1.165) is 4.90 Å². The van der Waals surface area contributed by atoms with Crippen LogP contribution in [0.15, 0.2) is 24.3 Å². The van der Waals surface area contributed by atoms with E-state index in [4.69, 9.17) is 0 Å². The van der Waals surface area contributed by atoms with Gasteiger partial charge in [-0.1, -0.05) is 12.1 Å². The molecule has 1 fully saturated rings. The van der Waals surface area contributed by atoms with Crippen LogP contribution in [0.2, 0.25) is 0 Å². The summed E-state index contributed by atoms with van der Waals surface area (Å²) >= 11 is 0. The molecule has 1 amide bonds. The Morgan fingerprint density at radius 1 is 1.29 bits per heavy atom. The molecule has 2 N–H and O–H groups in total. The standard InChI is InChI=1S/C14H18FN3O3/c15-11-3-1-2-4-12(11)18-7-5-17(6-8-18)10-13(19)16-9-14(20)21/h1-4H,5-10H2,(H,16,19)(H,20,21). The predicted octanol–water partition coefficient (Wildman–Crippen LogP) is -2.60. The molecule has 7 heteroatoms. The largest absolute Gasteiger partial charge is 0.548 e. The Balaban J connectivity index is 1.79. The average Bonchev–Trinajstić information content (AvgIpc) is 2.47. The highest BCUT2D eigenvalue weighted by molar-refractivity contribution is 5.81. The van der Waals surface area contributed by atoms with Crippen molar-refractivity contribution in [3.05, 3.63) is 30.1 Å². The minimum absolute atomic E-state index is 0.221. The molecule has 0 saturated carbocycles. The maximum absolute atomic E-state index is 13.7. The number of benzene rings is 1. The third-order valence-electron chi connectivity index (χ3n) is 3.50. The maximum atomic E-state index is 13.7. The summed E-state index contributed by atoms with van der Waals surface area (Å²) in [6.45, 7) is 2.47. The summed E-state index contributed by atoms with van der Waals surface area (Å²) in [5.74, 6) is -1.86. The van der Waals surface area contributed by atoms with Crippen molar-refractivity contribution >= 4 is 17.6 Å². The third kappa shape index (κ3) is 4.42. The molecule has 6 nitrogen and oxygen atoms in total. The number of anilines is 1. The third-order valence-corrected chi connectivity index (χ3v) is 3.50. The summed E-state index contributed by atoms with van der Waals surface area (Å²) in [6.07, 6.45) is 0. The first-order chi connectivity index (χ1) is 10.1. The minimum Gasteiger partial charge on any atom is -0.548 e. The van der Waals surface area contributed by atoms with Crippen molar-refractivity contribution in [2.24, 2.45) is 0 Å². The molecule has 0 atom stereocenters. The minimum atomic E-state index is -1.30. The fraction of sp³-hybridized carbons (Fsp3) is 0.429. The van der Waals surface area contributed by atoms with Crippen molar-refractivity contribution in [3.63, 3.8) is 0 Å². The number of carboxylic acids is 1. The molecule has 1 saturated heterocycles. The second-order valence-corrected chi connectivity index (χ2v) is 5.01. The normalized spacial score (nSPS) is 15.8. The number of halogens is 1. The zero-order chi connectivity index (χ0) is 15.2. The molecule has 21 heavy (non-hydrogen) atoms. The number of nitrogens with zero attached hydrogens (tertiary/aromatic N) is 1. The Morgan fingerprint density at radius 2 is 1.95 bits per heavy atom. The number of aliphatic carboxylic acids is 1. The van der Waals surface area contributed by atoms with Gasteiger partial charge in [0, 0.05) is 0 Å². The van der Waals surface area contributed by atoms with Crippen LogP contribution in [0.4, 0.5) is 10.1 Å². The van der Waals surface area contributed by atoms with Gasteiger partial charge in [0.25, 0.3) is 5.91 Å². The van der Waals surface area contributed by atoms with Crippen LogP contribution < -0.4 is 20.2 Å². The molecular weight excluding hydrogens is 277 g/mol. The summed E-state index contributed by atoms with van der Waals surface area (Å²) in [5, 5.41) is 12.5. The van der Waals surface area contributed by atoms with E-state index in [0.29, 0.717) is 31.9 Å². The van der Waals surface area contributed by atoms with E-state index in [1.807, 2.05) is 4.90 Å². The number of piperazine rings is 1. The molecule has 0 radical (unpaired) electrons. The van der Waals surface area contributed by atoms with E-state index < -0.39 is 12.5 Å². The molecule has 0 unspecified atom stereocenters. The number of rotatable bonds is 5. The lowest BCUT2D eigenvalue weighted by Gasteiger charge is -2.33. The van der Waals surface area contributed by atoms with Crippen LogP contribution >= 0.6 is 0 Å². The van der Waals surface area contributed by atoms with E-state index in [-0.39, 0.29) is 18.3 Å². The van der Waals surface area contributed by atoms with Gasteiger partial charge in [-0.05, 0) is 12.1 Å². The van der Waals surface area contributed by atoms with Crippen molar-refractivity contribution in [2.75, 3.05) is 44.2 Å². The average molecular weight is 295 g/mol. The SMILES string of the molecule is O=C([O-])CNC(=O)C[NH+]1CCN(c2ccccc2F)CC1. The van der Waals surface area contributed by atoms with Gasteiger partial charge in [-0.25, -0.2) is 4.39 Å². The monoisotopic (exact) mass is 295 g/mol. The number of carbonyl (C=O) groups is 2. The van der Waals surface area contributed by atoms with E-state index >= 15 is 0 Å². The fourth-order valence-corrected chi connectivity index (χ4v) is 2.41. The summed E-state index contributed by atoms with van der Waals surface area (Å²) in [5.41, 5.74) is 0.581. The molecule has 1 aromatic rings. The fourth-order valence-electron chi connectivity index (χ4n) is 2.41. The predicted molar refractivity (Wildman–Crippen MR) is 72.2 cm³/mol. The highest BCUT2D eigenvalue weighted by atomic mass is 19.1. The number of amides is 1. The molecule has 0 aromatic heterocycles. The lowest BCUT2D eigenvalue weighted by Crippen LogP contribution is -3.16. The number of carboxylic acid groups (broad SMARTS) is 1. The van der Waals surface area contributed by atoms with E-state index in [2.05, 4.69) is 5.32 Å². The van der Waals surface area contributed by atoms with Gasteiger partial charge in [0.2, 0.25) is 0 Å². The highest BCUT2D eigenvalue weighted by Crippen LogP contribution is 2.17. The zero-order valence-electron chi connectivity index (χ0n) is 11.6. The van der Waals surface area contributed by atoms with Gasteiger partial charge >= 0.3 is 0 Å². The number of carbonyl (C=O) groups excluding carboxylic acids is 2. The van der Waals surface area contributed by atoms with Gasteiger partial charge in [-0.15, -0.1) is 0 Å². The Bertz CT molecular complexity index is 516. The molecule has 0 aliphatic carbocycles. The van der Waals surface area contributed by atoms with Crippen LogP contribution in [0.1, 0.15) is 0 Å². The summed E-state index contributed by atoms with van der Waals surface area (Å²) in [7, 11) is 0. The van der Waals surface area contributed by atoms with E-state index in [9.17, 15) is 19.1 Å². The van der Waals surface area contributed by atoms with E-state index in [1.165, 1.54) is 6.07 Å². The number of para-hydroxylation sites is 1. The topological polar surface area (TPSA) is 76.9 Å². The molecular formula is C14H18FN3O3. The van der Waals surface area contributed by atoms with Crippen LogP contribution in [0, 0.1) is 5.82 Å². The van der Waals surface area contributed by atoms with Crippen LogP contribution in [0.5, 0.6) is 0 Å². The van der Waals surface area contributed by atoms with Crippen LogP contribution in [0.25, 0.3) is 0 Å². The summed E-state index contributed by atoms with van der Waals surface area (Å²) < 4.78 is 13.7. The van der Waals surface area contributed by atoms with Crippen molar-refractivity contribution in [1.29, 1.82) is 0 Å². The van der Waals surface area contributed by atoms with Crippen molar-refractivity contribution in [3.8, 4) is 0 Å². The van der Waals surface area contributed by atoms with Crippen LogP contribution in [-0.4, -0.2) is 51.1 Å². The van der Waals surface area contributed by atoms with Crippen LogP contribution in [0.3, 0.4) is 0 Å². The Labute approximate surface area is 122 Å². The van der Waals surface area contributed by atoms with E-state index in [1.54, 1.807) is 18.2 Å². The molecule has 1 aromatic carbocycles. The Morgan fingerprint density at radius 3 is 2.57 bits per heavy atom. The molecule has 1 aliphatic heterocycles. The first-order valence-corrected chi connectivity index (χ1v) is 6.86. The maximum Gasteiger partial charge on any atom is 0.275 e. The Hall–Kier alpha value is -2.15. The highest BCUT2D eigenvalue weighted by Gasteiger charge is 2.23. The second-order valence-electron chi connectivity index (χ2n) is 5.01. The van der Waals surface area contributed by atoms with Gasteiger partial charge in [-0.3, -0.25) is 4.79 Å². The number of hydrogen-bond donors (Lipinski definition) is 2. The number of quaternary nitrogens is 1. The smallest absolute Gasteiger partial charge is 0.275 e. The first kappa shape index (κ1) is 15.2. The van der Waals surface area contributed by atoms with Gasteiger partial charge in [0.15, 0.2) is 6.54 Å². The molecule has 114 valence electrons. The molecule has 0 bridgehead atoms. The lowest BCUT2D eigenvalue weighted by atomic mass is 10.2. The van der Waals surface area contributed by atoms with Crippen molar-refractivity contribution in [1.82, 2.24) is 5.32 Å². The number of hydrogen-bond acceptors (Lipinski definition) is 4. The lowest BCUT2D eigenvalue weighted by molar-refractivity contribution is -0.892. The molecule has 1 aliphatic rings. The van der Waals surface area contributed by atoms with Gasteiger partial charge in [-0.2, -0.15) is 0 Å². The number of nitrogens with one attached hydrogen (secondary N) is 2. The molecule has 1 heterocycles. The summed E-state index contributed by atoms with van der Waals surface area (Å²) in [4.78, 5) is 24.8. The summed E-state index contributed by atoms with van der Waals surface area (Å²) in [6, 6.07) is 6.63.